The molecule has 0 spiro atoms. The van der Waals surface area contributed by atoms with Gasteiger partial charge in [0.05, 0.1) is 10.8 Å². The van der Waals surface area contributed by atoms with Crippen LogP contribution in [-0.4, -0.2) is 33.7 Å². The van der Waals surface area contributed by atoms with E-state index in [1.807, 2.05) is 0 Å². The summed E-state index contributed by atoms with van der Waals surface area (Å²) in [6.45, 7) is 2.52. The van der Waals surface area contributed by atoms with E-state index in [2.05, 4.69) is 11.8 Å². The SMILES string of the molecule is CC#CCOc1ccc(S(=O)C(CCCCN)C(=O)O)cc1. The summed E-state index contributed by atoms with van der Waals surface area (Å²) < 4.78 is 17.8. The van der Waals surface area contributed by atoms with Crippen LogP contribution >= 0.6 is 0 Å². The molecule has 0 aliphatic heterocycles. The number of hydrogen-bond acceptors (Lipinski definition) is 4. The summed E-state index contributed by atoms with van der Waals surface area (Å²) in [5.74, 6) is 5.06. The third-order valence-corrected chi connectivity index (χ3v) is 4.69. The number of rotatable bonds is 9. The maximum Gasteiger partial charge on any atom is 0.319 e. The predicted molar refractivity (Wildman–Crippen MR) is 86.1 cm³/mol. The van der Waals surface area contributed by atoms with E-state index < -0.39 is 22.0 Å². The second-order valence-electron chi connectivity index (χ2n) is 4.60. The van der Waals surface area contributed by atoms with Crippen LogP contribution < -0.4 is 10.5 Å². The van der Waals surface area contributed by atoms with Crippen LogP contribution in [0.15, 0.2) is 29.2 Å². The van der Waals surface area contributed by atoms with Crippen molar-refractivity contribution >= 4 is 16.8 Å². The van der Waals surface area contributed by atoms with E-state index in [0.717, 1.165) is 6.42 Å². The molecule has 0 aromatic heterocycles. The maximum atomic E-state index is 12.4. The van der Waals surface area contributed by atoms with Gasteiger partial charge < -0.3 is 15.6 Å². The second kappa shape index (κ2) is 9.98. The first-order valence-electron chi connectivity index (χ1n) is 7.06. The molecule has 0 saturated carbocycles. The van der Waals surface area contributed by atoms with Crippen LogP contribution in [0.25, 0.3) is 0 Å². The Morgan fingerprint density at radius 3 is 2.59 bits per heavy atom. The van der Waals surface area contributed by atoms with Crippen LogP contribution in [-0.2, 0) is 15.6 Å². The second-order valence-corrected chi connectivity index (χ2v) is 6.23. The summed E-state index contributed by atoms with van der Waals surface area (Å²) in [5.41, 5.74) is 5.40. The zero-order chi connectivity index (χ0) is 16.4. The molecule has 1 aromatic carbocycles. The van der Waals surface area contributed by atoms with Crippen LogP contribution in [0.5, 0.6) is 5.75 Å². The average Bonchev–Trinajstić information content (AvgIpc) is 2.51. The van der Waals surface area contributed by atoms with E-state index in [-0.39, 0.29) is 6.61 Å². The Balaban J connectivity index is 2.72. The molecule has 1 aromatic rings. The van der Waals surface area contributed by atoms with Crippen molar-refractivity contribution in [2.24, 2.45) is 5.73 Å². The van der Waals surface area contributed by atoms with Gasteiger partial charge in [0.2, 0.25) is 0 Å². The molecule has 1 rings (SSSR count). The highest BCUT2D eigenvalue weighted by Crippen LogP contribution is 2.19. The monoisotopic (exact) mass is 323 g/mol. The van der Waals surface area contributed by atoms with Crippen LogP contribution in [0.2, 0.25) is 0 Å². The van der Waals surface area contributed by atoms with Crippen LogP contribution in [0.3, 0.4) is 0 Å². The normalized spacial score (nSPS) is 12.8. The predicted octanol–water partition coefficient (Wildman–Crippen LogP) is 1.78. The lowest BCUT2D eigenvalue weighted by molar-refractivity contribution is -0.136. The summed E-state index contributed by atoms with van der Waals surface area (Å²) in [4.78, 5) is 11.8. The molecule has 2 atom stereocenters. The summed E-state index contributed by atoms with van der Waals surface area (Å²) >= 11 is 0. The van der Waals surface area contributed by atoms with Gasteiger partial charge >= 0.3 is 5.97 Å². The fourth-order valence-corrected chi connectivity index (χ4v) is 3.12. The van der Waals surface area contributed by atoms with Gasteiger partial charge in [-0.05, 0) is 50.6 Å². The summed E-state index contributed by atoms with van der Waals surface area (Å²) in [6, 6.07) is 6.60. The third kappa shape index (κ3) is 5.88. The Hall–Kier alpha value is -1.84. The molecule has 120 valence electrons. The van der Waals surface area contributed by atoms with Crippen molar-refractivity contribution in [3.63, 3.8) is 0 Å². The molecule has 0 saturated heterocycles. The lowest BCUT2D eigenvalue weighted by Gasteiger charge is -2.12. The quantitative estimate of drug-likeness (QED) is 0.534. The van der Waals surface area contributed by atoms with Gasteiger partial charge in [-0.1, -0.05) is 12.3 Å². The van der Waals surface area contributed by atoms with E-state index in [0.29, 0.717) is 30.0 Å². The fourth-order valence-electron chi connectivity index (χ4n) is 1.82. The number of unbranched alkanes of at least 4 members (excludes halogenated alkanes) is 1. The molecule has 0 aliphatic carbocycles. The van der Waals surface area contributed by atoms with Crippen molar-refractivity contribution in [2.45, 2.75) is 36.3 Å². The molecule has 22 heavy (non-hydrogen) atoms. The Morgan fingerprint density at radius 1 is 1.36 bits per heavy atom. The van der Waals surface area contributed by atoms with Gasteiger partial charge in [0.1, 0.15) is 17.6 Å². The first-order valence-corrected chi connectivity index (χ1v) is 8.27. The van der Waals surface area contributed by atoms with Gasteiger partial charge in [0, 0.05) is 4.90 Å². The van der Waals surface area contributed by atoms with Crippen molar-refractivity contribution in [1.82, 2.24) is 0 Å². The molecule has 0 radical (unpaired) electrons. The Bertz CT molecular complexity index is 560. The molecule has 5 nitrogen and oxygen atoms in total. The topological polar surface area (TPSA) is 89.6 Å². The minimum absolute atomic E-state index is 0.287. The number of aliphatic carboxylic acids is 1. The molecule has 0 heterocycles. The highest BCUT2D eigenvalue weighted by atomic mass is 32.2. The molecule has 3 N–H and O–H groups in total. The number of benzene rings is 1. The van der Waals surface area contributed by atoms with Crippen molar-refractivity contribution in [2.75, 3.05) is 13.2 Å². The number of carboxylic acid groups (broad SMARTS) is 1. The lowest BCUT2D eigenvalue weighted by atomic mass is 10.2. The highest BCUT2D eigenvalue weighted by molar-refractivity contribution is 7.86. The minimum atomic E-state index is -1.59. The molecule has 0 amide bonds. The Morgan fingerprint density at radius 2 is 2.05 bits per heavy atom. The third-order valence-electron chi connectivity index (χ3n) is 3.00. The number of ether oxygens (including phenoxy) is 1. The first kappa shape index (κ1) is 18.2. The summed E-state index contributed by atoms with van der Waals surface area (Å²) in [7, 11) is -1.59. The van der Waals surface area contributed by atoms with Crippen LogP contribution in [0, 0.1) is 11.8 Å². The molecule has 2 unspecified atom stereocenters. The van der Waals surface area contributed by atoms with E-state index >= 15 is 0 Å². The zero-order valence-electron chi connectivity index (χ0n) is 12.6. The summed E-state index contributed by atoms with van der Waals surface area (Å²) in [5, 5.41) is 8.33. The lowest BCUT2D eigenvalue weighted by Crippen LogP contribution is -2.26. The minimum Gasteiger partial charge on any atom is -0.481 e. The fraction of sp³-hybridized carbons (Fsp3) is 0.438. The van der Waals surface area contributed by atoms with Gasteiger partial charge in [0.25, 0.3) is 0 Å². The Kier molecular flexibility index (Phi) is 8.26. The molecule has 0 bridgehead atoms. The maximum absolute atomic E-state index is 12.4. The zero-order valence-corrected chi connectivity index (χ0v) is 13.4. The smallest absolute Gasteiger partial charge is 0.319 e. The van der Waals surface area contributed by atoms with Crippen molar-refractivity contribution < 1.29 is 18.8 Å². The van der Waals surface area contributed by atoms with Crippen molar-refractivity contribution in [1.29, 1.82) is 0 Å². The van der Waals surface area contributed by atoms with Gasteiger partial charge in [-0.25, -0.2) is 0 Å². The molecular formula is C16H21NO4S. The largest absolute Gasteiger partial charge is 0.481 e. The van der Waals surface area contributed by atoms with E-state index in [4.69, 9.17) is 10.5 Å². The first-order chi connectivity index (χ1) is 10.6. The highest BCUT2D eigenvalue weighted by Gasteiger charge is 2.25. The average molecular weight is 323 g/mol. The van der Waals surface area contributed by atoms with E-state index in [9.17, 15) is 14.1 Å². The number of hydrogen-bond donors (Lipinski definition) is 2. The number of carboxylic acids is 1. The van der Waals surface area contributed by atoms with Gasteiger partial charge in [0.15, 0.2) is 0 Å². The number of nitrogens with two attached hydrogens (primary N) is 1. The Labute approximate surface area is 133 Å². The van der Waals surface area contributed by atoms with Gasteiger partial charge in [-0.15, -0.1) is 5.92 Å². The van der Waals surface area contributed by atoms with E-state index in [1.54, 1.807) is 31.2 Å². The number of carbonyl (C=O) groups is 1. The molecule has 6 heteroatoms. The standard InChI is InChI=1S/C16H21NO4S/c1-2-3-12-21-13-7-9-14(10-8-13)22(20)15(16(18)19)6-4-5-11-17/h7-10,15H,4-6,11-12,17H2,1H3,(H,18,19). The summed E-state index contributed by atoms with van der Waals surface area (Å²) in [6.07, 6.45) is 1.73. The van der Waals surface area contributed by atoms with Gasteiger partial charge in [-0.3, -0.25) is 9.00 Å². The van der Waals surface area contributed by atoms with E-state index in [1.165, 1.54) is 0 Å². The van der Waals surface area contributed by atoms with Crippen LogP contribution in [0.1, 0.15) is 26.2 Å². The van der Waals surface area contributed by atoms with Crippen molar-refractivity contribution in [3.05, 3.63) is 24.3 Å². The van der Waals surface area contributed by atoms with Crippen molar-refractivity contribution in [3.8, 4) is 17.6 Å². The molecule has 0 aliphatic rings. The molecular weight excluding hydrogens is 302 g/mol. The van der Waals surface area contributed by atoms with Crippen LogP contribution in [0.4, 0.5) is 0 Å². The molecule has 0 fully saturated rings. The van der Waals surface area contributed by atoms with Gasteiger partial charge in [-0.2, -0.15) is 0 Å².